The molecule has 0 fully saturated rings. The lowest BCUT2D eigenvalue weighted by Gasteiger charge is -2.07. The summed E-state index contributed by atoms with van der Waals surface area (Å²) in [5.41, 5.74) is 1.10. The Morgan fingerprint density at radius 3 is 2.47 bits per heavy atom. The van der Waals surface area contributed by atoms with Crippen molar-refractivity contribution in [2.24, 2.45) is 0 Å². The minimum atomic E-state index is -1.15. The molecule has 0 atom stereocenters. The van der Waals surface area contributed by atoms with Crippen molar-refractivity contribution >= 4 is 29.4 Å². The monoisotopic (exact) mass is 284 g/mol. The van der Waals surface area contributed by atoms with Gasteiger partial charge in [0.05, 0.1) is 6.54 Å². The standard InChI is InChI=1S/C12H13ClN2O4/c1-7-4-8(13)2-3-9(7)12(19)15-5-10(16)14-6-11(17)18/h2-4H,5-6H2,1H3,(H,14,16)(H,15,19)(H,17,18). The summed E-state index contributed by atoms with van der Waals surface area (Å²) in [5.74, 6) is -2.13. The van der Waals surface area contributed by atoms with Gasteiger partial charge in [0.15, 0.2) is 0 Å². The molecule has 1 aromatic rings. The summed E-state index contributed by atoms with van der Waals surface area (Å²) >= 11 is 5.77. The fourth-order valence-electron chi connectivity index (χ4n) is 1.37. The predicted molar refractivity (Wildman–Crippen MR) is 69.2 cm³/mol. The minimum Gasteiger partial charge on any atom is -0.480 e. The van der Waals surface area contributed by atoms with E-state index < -0.39 is 24.3 Å². The van der Waals surface area contributed by atoms with Crippen molar-refractivity contribution in [2.45, 2.75) is 6.92 Å². The number of halogens is 1. The van der Waals surface area contributed by atoms with Crippen molar-refractivity contribution < 1.29 is 19.5 Å². The molecule has 0 heterocycles. The lowest BCUT2D eigenvalue weighted by Crippen LogP contribution is -2.39. The van der Waals surface area contributed by atoms with Crippen LogP contribution in [0.15, 0.2) is 18.2 Å². The molecule has 0 spiro atoms. The molecule has 0 saturated carbocycles. The van der Waals surface area contributed by atoms with Crippen LogP contribution in [-0.2, 0) is 9.59 Å². The molecule has 1 rings (SSSR count). The molecule has 3 N–H and O–H groups in total. The van der Waals surface area contributed by atoms with Gasteiger partial charge in [-0.3, -0.25) is 14.4 Å². The van der Waals surface area contributed by atoms with Gasteiger partial charge in [-0.25, -0.2) is 0 Å². The number of rotatable bonds is 5. The molecular weight excluding hydrogens is 272 g/mol. The Labute approximate surface area is 114 Å². The molecule has 2 amide bonds. The van der Waals surface area contributed by atoms with Gasteiger partial charge in [-0.05, 0) is 30.7 Å². The van der Waals surface area contributed by atoms with Gasteiger partial charge in [0.2, 0.25) is 5.91 Å². The first-order chi connectivity index (χ1) is 8.90. The molecule has 102 valence electrons. The van der Waals surface area contributed by atoms with Gasteiger partial charge in [-0.15, -0.1) is 0 Å². The normalized spacial score (nSPS) is 9.79. The van der Waals surface area contributed by atoms with Crippen LogP contribution in [0, 0.1) is 6.92 Å². The van der Waals surface area contributed by atoms with Gasteiger partial charge in [0.25, 0.3) is 5.91 Å². The number of carboxylic acids is 1. The zero-order chi connectivity index (χ0) is 14.4. The van der Waals surface area contributed by atoms with E-state index >= 15 is 0 Å². The van der Waals surface area contributed by atoms with Crippen LogP contribution in [0.3, 0.4) is 0 Å². The van der Waals surface area contributed by atoms with E-state index in [4.69, 9.17) is 16.7 Å². The third-order valence-corrected chi connectivity index (χ3v) is 2.51. The van der Waals surface area contributed by atoms with Gasteiger partial charge in [-0.2, -0.15) is 0 Å². The van der Waals surface area contributed by atoms with Gasteiger partial charge in [0, 0.05) is 10.6 Å². The number of aliphatic carboxylic acids is 1. The van der Waals surface area contributed by atoms with Crippen LogP contribution in [0.1, 0.15) is 15.9 Å². The third-order valence-electron chi connectivity index (χ3n) is 2.28. The van der Waals surface area contributed by atoms with Crippen molar-refractivity contribution in [3.8, 4) is 0 Å². The molecule has 0 aliphatic carbocycles. The largest absolute Gasteiger partial charge is 0.480 e. The summed E-state index contributed by atoms with van der Waals surface area (Å²) in [5, 5.41) is 13.4. The van der Waals surface area contributed by atoms with Crippen molar-refractivity contribution in [1.82, 2.24) is 10.6 Å². The highest BCUT2D eigenvalue weighted by Gasteiger charge is 2.11. The van der Waals surface area contributed by atoms with Crippen LogP contribution in [-0.4, -0.2) is 36.0 Å². The number of aryl methyl sites for hydroxylation is 1. The number of hydrogen-bond donors (Lipinski definition) is 3. The Morgan fingerprint density at radius 2 is 1.89 bits per heavy atom. The van der Waals surface area contributed by atoms with Crippen LogP contribution in [0.5, 0.6) is 0 Å². The first kappa shape index (κ1) is 15.0. The molecule has 0 radical (unpaired) electrons. The highest BCUT2D eigenvalue weighted by Crippen LogP contribution is 2.14. The Bertz CT molecular complexity index is 516. The lowest BCUT2D eigenvalue weighted by molar-refractivity contribution is -0.137. The summed E-state index contributed by atoms with van der Waals surface area (Å²) in [6.07, 6.45) is 0. The molecule has 0 saturated heterocycles. The molecule has 7 heteroatoms. The maximum Gasteiger partial charge on any atom is 0.322 e. The van der Waals surface area contributed by atoms with Gasteiger partial charge >= 0.3 is 5.97 Å². The first-order valence-corrected chi connectivity index (χ1v) is 5.81. The molecule has 0 aliphatic rings. The quantitative estimate of drug-likeness (QED) is 0.737. The van der Waals surface area contributed by atoms with Gasteiger partial charge in [-0.1, -0.05) is 11.6 Å². The number of hydrogen-bond acceptors (Lipinski definition) is 3. The number of carboxylic acid groups (broad SMARTS) is 1. The summed E-state index contributed by atoms with van der Waals surface area (Å²) in [7, 11) is 0. The molecule has 6 nitrogen and oxygen atoms in total. The van der Waals surface area contributed by atoms with Gasteiger partial charge < -0.3 is 15.7 Å². The zero-order valence-electron chi connectivity index (χ0n) is 10.2. The van der Waals surface area contributed by atoms with Crippen molar-refractivity contribution in [2.75, 3.05) is 13.1 Å². The van der Waals surface area contributed by atoms with Crippen LogP contribution in [0.4, 0.5) is 0 Å². The van der Waals surface area contributed by atoms with E-state index in [0.717, 1.165) is 0 Å². The minimum absolute atomic E-state index is 0.284. The highest BCUT2D eigenvalue weighted by atomic mass is 35.5. The smallest absolute Gasteiger partial charge is 0.322 e. The van der Waals surface area contributed by atoms with E-state index in [1.54, 1.807) is 25.1 Å². The maximum absolute atomic E-state index is 11.8. The van der Waals surface area contributed by atoms with Crippen LogP contribution < -0.4 is 10.6 Å². The molecule has 0 bridgehead atoms. The fourth-order valence-corrected chi connectivity index (χ4v) is 1.60. The van der Waals surface area contributed by atoms with Crippen molar-refractivity contribution in [1.29, 1.82) is 0 Å². The number of amides is 2. The second-order valence-electron chi connectivity index (χ2n) is 3.81. The number of benzene rings is 1. The van der Waals surface area contributed by atoms with Crippen LogP contribution in [0.25, 0.3) is 0 Å². The fraction of sp³-hybridized carbons (Fsp3) is 0.250. The number of carbonyl (C=O) groups is 3. The number of nitrogens with one attached hydrogen (secondary N) is 2. The molecule has 1 aromatic carbocycles. The summed E-state index contributed by atoms with van der Waals surface area (Å²) in [4.78, 5) is 33.2. The summed E-state index contributed by atoms with van der Waals surface area (Å²) in [6.45, 7) is 0.966. The average Bonchev–Trinajstić information content (AvgIpc) is 2.33. The second-order valence-corrected chi connectivity index (χ2v) is 4.25. The van der Waals surface area contributed by atoms with Crippen LogP contribution >= 0.6 is 11.6 Å². The van der Waals surface area contributed by atoms with E-state index in [2.05, 4.69) is 10.6 Å². The Hall–Kier alpha value is -2.08. The Balaban J connectivity index is 2.51. The number of carbonyl (C=O) groups excluding carboxylic acids is 2. The molecular formula is C12H13ClN2O4. The molecule has 0 aromatic heterocycles. The summed E-state index contributed by atoms with van der Waals surface area (Å²) < 4.78 is 0. The lowest BCUT2D eigenvalue weighted by atomic mass is 10.1. The SMILES string of the molecule is Cc1cc(Cl)ccc1C(=O)NCC(=O)NCC(=O)O. The average molecular weight is 285 g/mol. The van der Waals surface area contributed by atoms with E-state index in [0.29, 0.717) is 16.1 Å². The summed E-state index contributed by atoms with van der Waals surface area (Å²) in [6, 6.07) is 4.77. The zero-order valence-corrected chi connectivity index (χ0v) is 11.0. The van der Waals surface area contributed by atoms with E-state index in [1.165, 1.54) is 0 Å². The molecule has 0 unspecified atom stereocenters. The molecule has 19 heavy (non-hydrogen) atoms. The van der Waals surface area contributed by atoms with Crippen molar-refractivity contribution in [3.63, 3.8) is 0 Å². The highest BCUT2D eigenvalue weighted by molar-refractivity contribution is 6.30. The van der Waals surface area contributed by atoms with E-state index in [9.17, 15) is 14.4 Å². The van der Waals surface area contributed by atoms with E-state index in [-0.39, 0.29) is 6.54 Å². The second kappa shape index (κ2) is 6.75. The maximum atomic E-state index is 11.8. The first-order valence-electron chi connectivity index (χ1n) is 5.43. The van der Waals surface area contributed by atoms with E-state index in [1.807, 2.05) is 0 Å². The van der Waals surface area contributed by atoms with Crippen LogP contribution in [0.2, 0.25) is 5.02 Å². The predicted octanol–water partition coefficient (Wildman–Crippen LogP) is 0.579. The van der Waals surface area contributed by atoms with Gasteiger partial charge in [0.1, 0.15) is 6.54 Å². The Morgan fingerprint density at radius 1 is 1.21 bits per heavy atom. The van der Waals surface area contributed by atoms with Crippen molar-refractivity contribution in [3.05, 3.63) is 34.3 Å². The molecule has 0 aliphatic heterocycles. The Kier molecular flexibility index (Phi) is 5.32. The topological polar surface area (TPSA) is 95.5 Å². The third kappa shape index (κ3) is 4.97.